The normalized spacial score (nSPS) is 10.3. The molecule has 2 rings (SSSR count). The Kier molecular flexibility index (Phi) is 7.12. The molecule has 0 saturated heterocycles. The summed E-state index contributed by atoms with van der Waals surface area (Å²) in [5, 5.41) is 4.38. The lowest BCUT2D eigenvalue weighted by atomic mass is 10.1. The van der Waals surface area contributed by atoms with Gasteiger partial charge in [0.15, 0.2) is 5.11 Å². The van der Waals surface area contributed by atoms with Gasteiger partial charge in [0, 0.05) is 11.0 Å². The predicted octanol–water partition coefficient (Wildman–Crippen LogP) is 2.03. The number of nitrogens with one attached hydrogen (secondary N) is 3. The topological polar surface area (TPSA) is 79.5 Å². The van der Waals surface area contributed by atoms with E-state index in [4.69, 9.17) is 17.0 Å². The Morgan fingerprint density at radius 1 is 1.20 bits per heavy atom. The monoisotopic (exact) mass is 375 g/mol. The summed E-state index contributed by atoms with van der Waals surface area (Å²) in [5.74, 6) is 0.0629. The Hall–Kier alpha value is -2.71. The highest BCUT2D eigenvalue weighted by molar-refractivity contribution is 7.80. The van der Waals surface area contributed by atoms with Crippen LogP contribution in [-0.2, 0) is 16.0 Å². The Morgan fingerprint density at radius 3 is 2.60 bits per heavy atom. The zero-order chi connectivity index (χ0) is 18.1. The van der Waals surface area contributed by atoms with Crippen molar-refractivity contribution in [2.75, 3.05) is 7.11 Å². The van der Waals surface area contributed by atoms with E-state index in [0.29, 0.717) is 0 Å². The molecule has 0 aliphatic heterocycles. The van der Waals surface area contributed by atoms with Gasteiger partial charge in [0.25, 0.3) is 0 Å². The van der Waals surface area contributed by atoms with Crippen LogP contribution in [0.4, 0.5) is 0 Å². The van der Waals surface area contributed by atoms with Crippen LogP contribution in [0.25, 0.3) is 6.08 Å². The predicted molar refractivity (Wildman–Crippen MR) is 102 cm³/mol. The Morgan fingerprint density at radius 2 is 1.96 bits per heavy atom. The number of amides is 2. The van der Waals surface area contributed by atoms with Gasteiger partial charge in [-0.2, -0.15) is 0 Å². The maximum Gasteiger partial charge on any atom is 0.250 e. The molecule has 1 aromatic heterocycles. The van der Waals surface area contributed by atoms with Crippen molar-refractivity contribution >= 4 is 46.6 Å². The Balaban J connectivity index is 1.71. The van der Waals surface area contributed by atoms with E-state index in [9.17, 15) is 9.59 Å². The fourth-order valence-corrected chi connectivity index (χ4v) is 2.60. The summed E-state index contributed by atoms with van der Waals surface area (Å²) in [5.41, 5.74) is 5.76. The van der Waals surface area contributed by atoms with Crippen molar-refractivity contribution in [1.82, 2.24) is 16.2 Å². The van der Waals surface area contributed by atoms with E-state index in [-0.39, 0.29) is 23.3 Å². The van der Waals surface area contributed by atoms with Gasteiger partial charge in [-0.05, 0) is 47.4 Å². The summed E-state index contributed by atoms with van der Waals surface area (Å²) in [7, 11) is 1.58. The minimum atomic E-state index is -0.379. The molecule has 1 aromatic carbocycles. The molecule has 8 heteroatoms. The van der Waals surface area contributed by atoms with Crippen molar-refractivity contribution in [2.45, 2.75) is 6.42 Å². The molecule has 0 atom stereocenters. The van der Waals surface area contributed by atoms with E-state index in [1.807, 2.05) is 17.5 Å². The van der Waals surface area contributed by atoms with Crippen LogP contribution >= 0.6 is 23.6 Å². The first-order valence-electron chi connectivity index (χ1n) is 7.31. The van der Waals surface area contributed by atoms with Gasteiger partial charge < -0.3 is 4.74 Å². The SMILES string of the molecule is COc1ccc(CC(=O)NNC(=S)NC(=O)C=Cc2cccs2)cc1. The summed E-state index contributed by atoms with van der Waals surface area (Å²) >= 11 is 6.48. The summed E-state index contributed by atoms with van der Waals surface area (Å²) in [6.45, 7) is 0. The fourth-order valence-electron chi connectivity index (χ4n) is 1.83. The summed E-state index contributed by atoms with van der Waals surface area (Å²) < 4.78 is 5.06. The highest BCUT2D eigenvalue weighted by atomic mass is 32.1. The summed E-state index contributed by atoms with van der Waals surface area (Å²) in [6.07, 6.45) is 3.23. The number of methoxy groups -OCH3 is 1. The highest BCUT2D eigenvalue weighted by Gasteiger charge is 2.05. The van der Waals surface area contributed by atoms with E-state index < -0.39 is 0 Å². The number of thiophene rings is 1. The van der Waals surface area contributed by atoms with Gasteiger partial charge in [0.05, 0.1) is 13.5 Å². The van der Waals surface area contributed by atoms with Gasteiger partial charge in [-0.3, -0.25) is 25.8 Å². The van der Waals surface area contributed by atoms with Crippen molar-refractivity contribution in [1.29, 1.82) is 0 Å². The molecule has 1 heterocycles. The van der Waals surface area contributed by atoms with E-state index >= 15 is 0 Å². The van der Waals surface area contributed by atoms with Gasteiger partial charge in [-0.25, -0.2) is 0 Å². The average molecular weight is 375 g/mol. The van der Waals surface area contributed by atoms with Gasteiger partial charge >= 0.3 is 0 Å². The summed E-state index contributed by atoms with van der Waals surface area (Å²) in [4.78, 5) is 24.5. The zero-order valence-electron chi connectivity index (χ0n) is 13.4. The lowest BCUT2D eigenvalue weighted by Crippen LogP contribution is -2.48. The molecule has 0 unspecified atom stereocenters. The molecular formula is C17H17N3O3S2. The quantitative estimate of drug-likeness (QED) is 0.423. The van der Waals surface area contributed by atoms with Crippen LogP contribution in [0.3, 0.4) is 0 Å². The first kappa shape index (κ1) is 18.6. The van der Waals surface area contributed by atoms with E-state index in [1.54, 1.807) is 37.5 Å². The lowest BCUT2D eigenvalue weighted by Gasteiger charge is -2.10. The molecule has 0 fully saturated rings. The number of thiocarbonyl (C=S) groups is 1. The third-order valence-corrected chi connectivity index (χ3v) is 4.06. The third-order valence-electron chi connectivity index (χ3n) is 3.02. The van der Waals surface area contributed by atoms with Crippen LogP contribution in [0, 0.1) is 0 Å². The number of rotatable bonds is 5. The molecule has 2 amide bonds. The van der Waals surface area contributed by atoms with Crippen molar-refractivity contribution in [3.8, 4) is 5.75 Å². The van der Waals surface area contributed by atoms with Crippen LogP contribution in [0.1, 0.15) is 10.4 Å². The van der Waals surface area contributed by atoms with E-state index in [1.165, 1.54) is 17.4 Å². The first-order valence-corrected chi connectivity index (χ1v) is 8.60. The van der Waals surface area contributed by atoms with Gasteiger partial charge in [0.2, 0.25) is 11.8 Å². The minimum absolute atomic E-state index is 0.0175. The third kappa shape index (κ3) is 6.74. The molecule has 0 saturated carbocycles. The van der Waals surface area contributed by atoms with Gasteiger partial charge in [-0.15, -0.1) is 11.3 Å². The fraction of sp³-hybridized carbons (Fsp3) is 0.118. The van der Waals surface area contributed by atoms with E-state index in [0.717, 1.165) is 16.2 Å². The Bertz CT molecular complexity index is 756. The summed E-state index contributed by atoms with van der Waals surface area (Å²) in [6, 6.07) is 10.9. The standard InChI is InChI=1S/C17H17N3O3S2/c1-23-13-6-4-12(5-7-13)11-16(22)19-20-17(24)18-15(21)9-8-14-3-2-10-25-14/h2-10H,11H2,1H3,(H,19,22)(H2,18,20,21,24). The van der Waals surface area contributed by atoms with Crippen molar-refractivity contribution in [2.24, 2.45) is 0 Å². The Labute approximate surface area is 154 Å². The molecule has 2 aromatic rings. The highest BCUT2D eigenvalue weighted by Crippen LogP contribution is 2.11. The molecule has 0 aliphatic carbocycles. The zero-order valence-corrected chi connectivity index (χ0v) is 15.1. The van der Waals surface area contributed by atoms with Crippen LogP contribution in [0.2, 0.25) is 0 Å². The number of hydrazine groups is 1. The lowest BCUT2D eigenvalue weighted by molar-refractivity contribution is -0.121. The molecule has 0 bridgehead atoms. The van der Waals surface area contributed by atoms with Crippen molar-refractivity contribution in [3.05, 3.63) is 58.3 Å². The smallest absolute Gasteiger partial charge is 0.250 e. The molecule has 130 valence electrons. The second-order valence-electron chi connectivity index (χ2n) is 4.87. The van der Waals surface area contributed by atoms with Crippen LogP contribution in [-0.4, -0.2) is 24.0 Å². The van der Waals surface area contributed by atoms with Crippen LogP contribution < -0.4 is 20.9 Å². The molecule has 0 aliphatic rings. The van der Waals surface area contributed by atoms with E-state index in [2.05, 4.69) is 16.2 Å². The molecular weight excluding hydrogens is 358 g/mol. The number of hydrogen-bond acceptors (Lipinski definition) is 5. The van der Waals surface area contributed by atoms with Crippen molar-refractivity contribution in [3.63, 3.8) is 0 Å². The van der Waals surface area contributed by atoms with Crippen molar-refractivity contribution < 1.29 is 14.3 Å². The number of carbonyl (C=O) groups excluding carboxylic acids is 2. The average Bonchev–Trinajstić information content (AvgIpc) is 3.12. The first-order chi connectivity index (χ1) is 12.1. The second kappa shape index (κ2) is 9.55. The number of ether oxygens (including phenoxy) is 1. The van der Waals surface area contributed by atoms with Crippen LogP contribution in [0.15, 0.2) is 47.9 Å². The molecule has 0 radical (unpaired) electrons. The van der Waals surface area contributed by atoms with Gasteiger partial charge in [0.1, 0.15) is 5.75 Å². The van der Waals surface area contributed by atoms with Gasteiger partial charge in [-0.1, -0.05) is 18.2 Å². The maximum atomic E-state index is 11.8. The largest absolute Gasteiger partial charge is 0.497 e. The second-order valence-corrected chi connectivity index (χ2v) is 6.25. The maximum absolute atomic E-state index is 11.8. The minimum Gasteiger partial charge on any atom is -0.497 e. The number of carbonyl (C=O) groups is 2. The van der Waals surface area contributed by atoms with Crippen LogP contribution in [0.5, 0.6) is 5.75 Å². The molecule has 0 spiro atoms. The number of benzene rings is 1. The molecule has 25 heavy (non-hydrogen) atoms. The molecule has 3 N–H and O–H groups in total. The molecule has 6 nitrogen and oxygen atoms in total. The number of hydrogen-bond donors (Lipinski definition) is 3.